The zero-order valence-electron chi connectivity index (χ0n) is 11.1. The number of hydrogen-bond donors (Lipinski definition) is 2. The summed E-state index contributed by atoms with van der Waals surface area (Å²) in [5.41, 5.74) is 0. The Labute approximate surface area is 109 Å². The normalized spacial score (nSPS) is 24.1. The Balaban J connectivity index is 2.51. The van der Waals surface area contributed by atoms with Crippen LogP contribution in [0.15, 0.2) is 0 Å². The molecule has 2 unspecified atom stereocenters. The molecule has 0 aromatic rings. The number of aliphatic hydroxyl groups is 1. The second-order valence-electron chi connectivity index (χ2n) is 4.85. The van der Waals surface area contributed by atoms with E-state index in [-0.39, 0.29) is 18.6 Å². The first kappa shape index (κ1) is 15.8. The van der Waals surface area contributed by atoms with Crippen molar-refractivity contribution in [1.82, 2.24) is 9.03 Å². The number of hydrogen-bond acceptors (Lipinski definition) is 4. The number of nitrogens with zero attached hydrogens (tertiary/aromatic N) is 1. The van der Waals surface area contributed by atoms with Gasteiger partial charge in [-0.05, 0) is 32.1 Å². The molecule has 0 aliphatic carbocycles. The molecule has 1 saturated heterocycles. The molecule has 0 aromatic heterocycles. The smallest absolute Gasteiger partial charge is 0.279 e. The first-order chi connectivity index (χ1) is 8.49. The second kappa shape index (κ2) is 7.40. The van der Waals surface area contributed by atoms with Crippen molar-refractivity contribution in [3.05, 3.63) is 0 Å². The quantitative estimate of drug-likeness (QED) is 0.685. The van der Waals surface area contributed by atoms with Crippen LogP contribution in [0, 0.1) is 5.92 Å². The standard InChI is InChI=1S/C11H24N2O4S/c1-10(5-7-17-2)12-18(15,16)13-6-3-4-11(8-13)9-14/h10-12,14H,3-9H2,1-2H3. The van der Waals surface area contributed by atoms with E-state index in [0.717, 1.165) is 12.8 Å². The molecule has 0 saturated carbocycles. The van der Waals surface area contributed by atoms with Crippen molar-refractivity contribution < 1.29 is 18.3 Å². The number of piperidine rings is 1. The average molecular weight is 280 g/mol. The molecule has 1 aliphatic rings. The van der Waals surface area contributed by atoms with Crippen molar-refractivity contribution in [2.75, 3.05) is 33.4 Å². The molecule has 1 aliphatic heterocycles. The largest absolute Gasteiger partial charge is 0.396 e. The van der Waals surface area contributed by atoms with Gasteiger partial charge in [-0.2, -0.15) is 17.4 Å². The molecule has 0 radical (unpaired) electrons. The summed E-state index contributed by atoms with van der Waals surface area (Å²) in [4.78, 5) is 0. The summed E-state index contributed by atoms with van der Waals surface area (Å²) in [5.74, 6) is 0.0598. The molecule has 0 aromatic carbocycles. The van der Waals surface area contributed by atoms with Gasteiger partial charge < -0.3 is 9.84 Å². The highest BCUT2D eigenvalue weighted by molar-refractivity contribution is 7.87. The van der Waals surface area contributed by atoms with Crippen LogP contribution in [0.4, 0.5) is 0 Å². The molecule has 2 N–H and O–H groups in total. The molecule has 7 heteroatoms. The van der Waals surface area contributed by atoms with Crippen molar-refractivity contribution in [3.8, 4) is 0 Å². The number of nitrogens with one attached hydrogen (secondary N) is 1. The fourth-order valence-corrected chi connectivity index (χ4v) is 3.63. The van der Waals surface area contributed by atoms with Gasteiger partial charge in [-0.15, -0.1) is 0 Å². The van der Waals surface area contributed by atoms with Crippen LogP contribution in [-0.2, 0) is 14.9 Å². The fourth-order valence-electron chi connectivity index (χ4n) is 2.08. The Morgan fingerprint density at radius 2 is 2.28 bits per heavy atom. The van der Waals surface area contributed by atoms with Gasteiger partial charge in [0, 0.05) is 39.5 Å². The van der Waals surface area contributed by atoms with E-state index in [1.165, 1.54) is 4.31 Å². The molecule has 1 rings (SSSR count). The number of aliphatic hydroxyl groups excluding tert-OH is 1. The molecule has 0 amide bonds. The topological polar surface area (TPSA) is 78.9 Å². The van der Waals surface area contributed by atoms with E-state index < -0.39 is 10.2 Å². The maximum absolute atomic E-state index is 12.1. The third-order valence-electron chi connectivity index (χ3n) is 3.18. The Morgan fingerprint density at radius 1 is 1.56 bits per heavy atom. The van der Waals surface area contributed by atoms with Gasteiger partial charge in [-0.1, -0.05) is 0 Å². The van der Waals surface area contributed by atoms with Crippen LogP contribution in [0.25, 0.3) is 0 Å². The van der Waals surface area contributed by atoms with E-state index >= 15 is 0 Å². The van der Waals surface area contributed by atoms with E-state index in [0.29, 0.717) is 26.1 Å². The number of rotatable bonds is 7. The van der Waals surface area contributed by atoms with Crippen molar-refractivity contribution in [1.29, 1.82) is 0 Å². The summed E-state index contributed by atoms with van der Waals surface area (Å²) in [6, 6.07) is -0.149. The number of methoxy groups -OCH3 is 1. The van der Waals surface area contributed by atoms with E-state index in [1.54, 1.807) is 7.11 Å². The van der Waals surface area contributed by atoms with Crippen LogP contribution in [0.2, 0.25) is 0 Å². The zero-order chi connectivity index (χ0) is 13.6. The zero-order valence-corrected chi connectivity index (χ0v) is 11.9. The SMILES string of the molecule is COCCC(C)NS(=O)(=O)N1CCCC(CO)C1. The van der Waals surface area contributed by atoms with Gasteiger partial charge in [0.15, 0.2) is 0 Å². The molecule has 2 atom stereocenters. The predicted octanol–water partition coefficient (Wildman–Crippen LogP) is -0.0499. The molecule has 0 spiro atoms. The van der Waals surface area contributed by atoms with Gasteiger partial charge in [0.2, 0.25) is 0 Å². The Kier molecular flexibility index (Phi) is 6.51. The van der Waals surface area contributed by atoms with Gasteiger partial charge in [0.1, 0.15) is 0 Å². The van der Waals surface area contributed by atoms with E-state index in [1.807, 2.05) is 6.92 Å². The van der Waals surface area contributed by atoms with Crippen LogP contribution in [0.3, 0.4) is 0 Å². The van der Waals surface area contributed by atoms with Gasteiger partial charge in [-0.3, -0.25) is 0 Å². The molecular formula is C11H24N2O4S. The van der Waals surface area contributed by atoms with Gasteiger partial charge in [-0.25, -0.2) is 0 Å². The lowest BCUT2D eigenvalue weighted by molar-refractivity contribution is 0.163. The van der Waals surface area contributed by atoms with Crippen LogP contribution < -0.4 is 4.72 Å². The lowest BCUT2D eigenvalue weighted by atomic mass is 10.0. The minimum atomic E-state index is -3.44. The number of ether oxygens (including phenoxy) is 1. The third-order valence-corrected chi connectivity index (χ3v) is 4.90. The molecule has 18 heavy (non-hydrogen) atoms. The highest BCUT2D eigenvalue weighted by Gasteiger charge is 2.29. The van der Waals surface area contributed by atoms with Crippen molar-refractivity contribution in [2.24, 2.45) is 5.92 Å². The molecule has 0 bridgehead atoms. The van der Waals surface area contributed by atoms with E-state index in [9.17, 15) is 8.42 Å². The summed E-state index contributed by atoms with van der Waals surface area (Å²) < 4.78 is 33.2. The van der Waals surface area contributed by atoms with Crippen LogP contribution >= 0.6 is 0 Å². The summed E-state index contributed by atoms with van der Waals surface area (Å²) in [6.45, 7) is 3.34. The van der Waals surface area contributed by atoms with Crippen LogP contribution in [-0.4, -0.2) is 57.3 Å². The maximum Gasteiger partial charge on any atom is 0.279 e. The van der Waals surface area contributed by atoms with Gasteiger partial charge in [0.25, 0.3) is 10.2 Å². The first-order valence-corrected chi connectivity index (χ1v) is 7.80. The molecule has 1 fully saturated rings. The minimum Gasteiger partial charge on any atom is -0.396 e. The van der Waals surface area contributed by atoms with Gasteiger partial charge >= 0.3 is 0 Å². The summed E-state index contributed by atoms with van der Waals surface area (Å²) in [5, 5.41) is 9.11. The second-order valence-corrected chi connectivity index (χ2v) is 6.56. The van der Waals surface area contributed by atoms with Gasteiger partial charge in [0.05, 0.1) is 0 Å². The van der Waals surface area contributed by atoms with E-state index in [2.05, 4.69) is 4.72 Å². The summed E-state index contributed by atoms with van der Waals surface area (Å²) in [6.07, 6.45) is 2.34. The molecule has 108 valence electrons. The summed E-state index contributed by atoms with van der Waals surface area (Å²) >= 11 is 0. The van der Waals surface area contributed by atoms with Crippen LogP contribution in [0.5, 0.6) is 0 Å². The van der Waals surface area contributed by atoms with Crippen molar-refractivity contribution >= 4 is 10.2 Å². The van der Waals surface area contributed by atoms with E-state index in [4.69, 9.17) is 9.84 Å². The monoisotopic (exact) mass is 280 g/mol. The average Bonchev–Trinajstić information content (AvgIpc) is 2.36. The fraction of sp³-hybridized carbons (Fsp3) is 1.00. The molecule has 1 heterocycles. The lowest BCUT2D eigenvalue weighted by Crippen LogP contribution is -2.49. The molecular weight excluding hydrogens is 256 g/mol. The van der Waals surface area contributed by atoms with Crippen LogP contribution in [0.1, 0.15) is 26.2 Å². The molecule has 6 nitrogen and oxygen atoms in total. The Morgan fingerprint density at radius 3 is 2.89 bits per heavy atom. The Bertz CT molecular complexity index is 334. The highest BCUT2D eigenvalue weighted by atomic mass is 32.2. The maximum atomic E-state index is 12.1. The van der Waals surface area contributed by atoms with Crippen molar-refractivity contribution in [3.63, 3.8) is 0 Å². The highest BCUT2D eigenvalue weighted by Crippen LogP contribution is 2.18. The minimum absolute atomic E-state index is 0.0469. The Hall–Kier alpha value is -0.210. The first-order valence-electron chi connectivity index (χ1n) is 6.36. The van der Waals surface area contributed by atoms with Crippen molar-refractivity contribution in [2.45, 2.75) is 32.2 Å². The predicted molar refractivity (Wildman–Crippen MR) is 69.4 cm³/mol. The summed E-state index contributed by atoms with van der Waals surface area (Å²) in [7, 11) is -1.84. The third kappa shape index (κ3) is 4.81. The lowest BCUT2D eigenvalue weighted by Gasteiger charge is -2.31.